The number of hydrogen-bond acceptors (Lipinski definition) is 5. The lowest BCUT2D eigenvalue weighted by molar-refractivity contribution is 0.191. The molecule has 0 radical (unpaired) electrons. The minimum Gasteiger partial charge on any atom is -0.387 e. The molecule has 2 N–H and O–H groups in total. The average molecular weight is 400 g/mol. The Morgan fingerprint density at radius 3 is 2.62 bits per heavy atom. The van der Waals surface area contributed by atoms with Crippen molar-refractivity contribution >= 4 is 27.4 Å². The van der Waals surface area contributed by atoms with E-state index in [0.29, 0.717) is 24.5 Å². The standard InChI is InChI=1S/C17H19ClFN3O3S/c18-14-5-3-12(9-15(14)19)16(23)11-21-17-6-4-13(10-20-17)26(24,25)22-7-1-2-8-22/h3-6,9-10,16,23H,1-2,7-8,11H2,(H,20,21). The van der Waals surface area contributed by atoms with Gasteiger partial charge in [0.25, 0.3) is 0 Å². The van der Waals surface area contributed by atoms with E-state index in [9.17, 15) is 17.9 Å². The quantitative estimate of drug-likeness (QED) is 0.780. The Kier molecular flexibility index (Phi) is 5.76. The highest BCUT2D eigenvalue weighted by molar-refractivity contribution is 7.89. The zero-order valence-corrected chi connectivity index (χ0v) is 15.5. The first-order valence-electron chi connectivity index (χ1n) is 8.21. The van der Waals surface area contributed by atoms with Crippen molar-refractivity contribution in [2.75, 3.05) is 25.0 Å². The van der Waals surface area contributed by atoms with Gasteiger partial charge in [-0.3, -0.25) is 0 Å². The predicted molar refractivity (Wildman–Crippen MR) is 97.1 cm³/mol. The molecule has 1 aromatic carbocycles. The Balaban J connectivity index is 1.63. The third-order valence-corrected chi connectivity index (χ3v) is 6.43. The molecule has 2 aromatic rings. The second kappa shape index (κ2) is 7.87. The van der Waals surface area contributed by atoms with Crippen molar-refractivity contribution in [3.05, 3.63) is 52.9 Å². The van der Waals surface area contributed by atoms with Gasteiger partial charge in [0.15, 0.2) is 0 Å². The summed E-state index contributed by atoms with van der Waals surface area (Å²) in [4.78, 5) is 4.23. The third kappa shape index (κ3) is 4.15. The van der Waals surface area contributed by atoms with Crippen LogP contribution in [0.25, 0.3) is 0 Å². The van der Waals surface area contributed by atoms with Crippen LogP contribution >= 0.6 is 11.6 Å². The summed E-state index contributed by atoms with van der Waals surface area (Å²) in [6.45, 7) is 1.16. The zero-order chi connectivity index (χ0) is 18.7. The minimum absolute atomic E-state index is 0.00891. The van der Waals surface area contributed by atoms with Gasteiger partial charge in [-0.2, -0.15) is 4.31 Å². The van der Waals surface area contributed by atoms with E-state index in [1.54, 1.807) is 0 Å². The molecule has 1 atom stereocenters. The summed E-state index contributed by atoms with van der Waals surface area (Å²) in [7, 11) is -3.50. The van der Waals surface area contributed by atoms with Crippen molar-refractivity contribution < 1.29 is 17.9 Å². The lowest BCUT2D eigenvalue weighted by Gasteiger charge is -2.16. The first-order valence-corrected chi connectivity index (χ1v) is 10.0. The molecular weight excluding hydrogens is 381 g/mol. The first kappa shape index (κ1) is 19.0. The summed E-state index contributed by atoms with van der Waals surface area (Å²) in [6.07, 6.45) is 2.08. The van der Waals surface area contributed by atoms with Gasteiger partial charge in [0, 0.05) is 25.8 Å². The molecule has 3 rings (SSSR count). The van der Waals surface area contributed by atoms with Gasteiger partial charge in [-0.1, -0.05) is 17.7 Å². The number of rotatable bonds is 6. The van der Waals surface area contributed by atoms with Crippen molar-refractivity contribution in [3.8, 4) is 0 Å². The van der Waals surface area contributed by atoms with Crippen molar-refractivity contribution in [3.63, 3.8) is 0 Å². The highest BCUT2D eigenvalue weighted by atomic mass is 35.5. The number of pyridine rings is 1. The zero-order valence-electron chi connectivity index (χ0n) is 13.9. The summed E-state index contributed by atoms with van der Waals surface area (Å²) in [5, 5.41) is 13.0. The summed E-state index contributed by atoms with van der Waals surface area (Å²) < 4.78 is 39.8. The molecule has 0 saturated carbocycles. The molecular formula is C17H19ClFN3O3S. The second-order valence-electron chi connectivity index (χ2n) is 6.06. The number of nitrogens with zero attached hydrogens (tertiary/aromatic N) is 2. The van der Waals surface area contributed by atoms with Crippen molar-refractivity contribution in [1.82, 2.24) is 9.29 Å². The fourth-order valence-corrected chi connectivity index (χ4v) is 4.33. The van der Waals surface area contributed by atoms with Gasteiger partial charge in [-0.25, -0.2) is 17.8 Å². The molecule has 0 spiro atoms. The van der Waals surface area contributed by atoms with Gasteiger partial charge in [0.2, 0.25) is 10.0 Å². The lowest BCUT2D eigenvalue weighted by Crippen LogP contribution is -2.28. The number of anilines is 1. The van der Waals surface area contributed by atoms with Crippen molar-refractivity contribution in [2.45, 2.75) is 23.8 Å². The van der Waals surface area contributed by atoms with Crippen LogP contribution in [0.1, 0.15) is 24.5 Å². The van der Waals surface area contributed by atoms with Crippen molar-refractivity contribution in [2.24, 2.45) is 0 Å². The van der Waals surface area contributed by atoms with Gasteiger partial charge < -0.3 is 10.4 Å². The fourth-order valence-electron chi connectivity index (χ4n) is 2.75. The highest BCUT2D eigenvalue weighted by Gasteiger charge is 2.27. The van der Waals surface area contributed by atoms with E-state index in [1.165, 1.54) is 40.8 Å². The van der Waals surface area contributed by atoms with E-state index < -0.39 is 21.9 Å². The molecule has 1 saturated heterocycles. The minimum atomic E-state index is -3.50. The van der Waals surface area contributed by atoms with Gasteiger partial charge in [0.05, 0.1) is 11.1 Å². The van der Waals surface area contributed by atoms with Gasteiger partial charge in [0.1, 0.15) is 16.5 Å². The largest absolute Gasteiger partial charge is 0.387 e. The Labute approximate surface area is 156 Å². The van der Waals surface area contributed by atoms with Crippen LogP contribution in [0.3, 0.4) is 0 Å². The van der Waals surface area contributed by atoms with E-state index in [0.717, 1.165) is 12.8 Å². The number of aromatic nitrogens is 1. The highest BCUT2D eigenvalue weighted by Crippen LogP contribution is 2.22. The Bertz CT molecular complexity index is 871. The number of aliphatic hydroxyl groups excluding tert-OH is 1. The topological polar surface area (TPSA) is 82.5 Å². The van der Waals surface area contributed by atoms with Crippen LogP contribution in [0.5, 0.6) is 0 Å². The molecule has 6 nitrogen and oxygen atoms in total. The third-order valence-electron chi connectivity index (χ3n) is 4.24. The molecule has 1 aromatic heterocycles. The maximum Gasteiger partial charge on any atom is 0.244 e. The monoisotopic (exact) mass is 399 g/mol. The Morgan fingerprint density at radius 1 is 1.27 bits per heavy atom. The molecule has 9 heteroatoms. The molecule has 2 heterocycles. The summed E-state index contributed by atoms with van der Waals surface area (Å²) in [6, 6.07) is 7.12. The number of sulfonamides is 1. The summed E-state index contributed by atoms with van der Waals surface area (Å²) in [5.74, 6) is -0.184. The molecule has 140 valence electrons. The maximum absolute atomic E-state index is 13.5. The van der Waals surface area contributed by atoms with Crippen LogP contribution < -0.4 is 5.32 Å². The predicted octanol–water partition coefficient (Wildman–Crippen LogP) is 2.80. The summed E-state index contributed by atoms with van der Waals surface area (Å²) >= 11 is 5.62. The van der Waals surface area contributed by atoms with Crippen LogP contribution in [0, 0.1) is 5.82 Å². The number of aliphatic hydroxyl groups is 1. The van der Waals surface area contributed by atoms with Crippen LogP contribution in [0.4, 0.5) is 10.2 Å². The average Bonchev–Trinajstić information content (AvgIpc) is 3.18. The normalized spacial score (nSPS) is 16.6. The second-order valence-corrected chi connectivity index (χ2v) is 8.41. The van der Waals surface area contributed by atoms with Crippen LogP contribution in [-0.2, 0) is 10.0 Å². The van der Waals surface area contributed by atoms with Gasteiger partial charge in [-0.05, 0) is 42.7 Å². The number of benzene rings is 1. The van der Waals surface area contributed by atoms with E-state index >= 15 is 0 Å². The molecule has 1 fully saturated rings. The van der Waals surface area contributed by atoms with E-state index in [4.69, 9.17) is 11.6 Å². The van der Waals surface area contributed by atoms with Crippen LogP contribution in [0.15, 0.2) is 41.4 Å². The van der Waals surface area contributed by atoms with Gasteiger partial charge >= 0.3 is 0 Å². The van der Waals surface area contributed by atoms with Crippen molar-refractivity contribution in [1.29, 1.82) is 0 Å². The van der Waals surface area contributed by atoms with Crippen LogP contribution in [-0.4, -0.2) is 42.4 Å². The molecule has 0 bridgehead atoms. The molecule has 26 heavy (non-hydrogen) atoms. The number of nitrogens with one attached hydrogen (secondary N) is 1. The van der Waals surface area contributed by atoms with E-state index in [2.05, 4.69) is 10.3 Å². The lowest BCUT2D eigenvalue weighted by atomic mass is 10.1. The molecule has 0 amide bonds. The maximum atomic E-state index is 13.5. The molecule has 1 unspecified atom stereocenters. The number of hydrogen-bond donors (Lipinski definition) is 2. The van der Waals surface area contributed by atoms with E-state index in [-0.39, 0.29) is 16.5 Å². The Morgan fingerprint density at radius 2 is 2.00 bits per heavy atom. The van der Waals surface area contributed by atoms with Crippen LogP contribution in [0.2, 0.25) is 5.02 Å². The first-order chi connectivity index (χ1) is 12.4. The van der Waals surface area contributed by atoms with Gasteiger partial charge in [-0.15, -0.1) is 0 Å². The van der Waals surface area contributed by atoms with E-state index in [1.807, 2.05) is 0 Å². The molecule has 0 aliphatic carbocycles. The molecule has 1 aliphatic rings. The smallest absolute Gasteiger partial charge is 0.244 e. The fraction of sp³-hybridized carbons (Fsp3) is 0.353. The number of halogens is 2. The SMILES string of the molecule is O=S(=O)(c1ccc(NCC(O)c2ccc(Cl)c(F)c2)nc1)N1CCCC1. The Hall–Kier alpha value is -1.74. The summed E-state index contributed by atoms with van der Waals surface area (Å²) in [5.41, 5.74) is 0.382. The molecule has 1 aliphatic heterocycles.